The fraction of sp³-hybridized carbons (Fsp3) is 0.400. The molecule has 1 aliphatic rings. The number of hydrogen-bond acceptors (Lipinski definition) is 6. The lowest BCUT2D eigenvalue weighted by molar-refractivity contribution is -0.0356. The number of benzene rings is 2. The summed E-state index contributed by atoms with van der Waals surface area (Å²) in [4.78, 5) is 18.8. The number of carbonyl (C=O) groups is 1. The lowest BCUT2D eigenvalue weighted by Gasteiger charge is -2.37. The van der Waals surface area contributed by atoms with Crippen LogP contribution in [0.15, 0.2) is 42.6 Å². The van der Waals surface area contributed by atoms with Gasteiger partial charge in [-0.25, -0.2) is 9.78 Å². The van der Waals surface area contributed by atoms with Crippen molar-refractivity contribution < 1.29 is 14.6 Å². The first-order valence-corrected chi connectivity index (χ1v) is 12.0. The minimum absolute atomic E-state index is 0.330. The number of hydrogen-bond donors (Lipinski definition) is 1. The number of aliphatic hydroxyl groups is 1. The van der Waals surface area contributed by atoms with Crippen LogP contribution in [0.4, 0.5) is 4.79 Å². The first-order chi connectivity index (χ1) is 15.6. The van der Waals surface area contributed by atoms with Crippen LogP contribution in [0.2, 0.25) is 0 Å². The molecule has 1 fully saturated rings. The maximum atomic E-state index is 12.4. The first-order valence-electron chi connectivity index (χ1n) is 11.1. The predicted octanol–water partition coefficient (Wildman–Crippen LogP) is 5.07. The molecule has 1 amide bonds. The summed E-state index contributed by atoms with van der Waals surface area (Å²) in [7, 11) is 1.92. The summed E-state index contributed by atoms with van der Waals surface area (Å²) in [6.07, 6.45) is 2.57. The average molecular weight is 465 g/mol. The molecule has 3 heterocycles. The number of amides is 1. The van der Waals surface area contributed by atoms with E-state index >= 15 is 0 Å². The molecule has 7 nitrogen and oxygen atoms in total. The molecule has 0 aliphatic carbocycles. The van der Waals surface area contributed by atoms with E-state index in [-0.39, 0.29) is 6.09 Å². The van der Waals surface area contributed by atoms with E-state index in [4.69, 9.17) is 9.72 Å². The highest BCUT2D eigenvalue weighted by molar-refractivity contribution is 7.18. The van der Waals surface area contributed by atoms with Crippen molar-refractivity contribution in [2.24, 2.45) is 7.05 Å². The number of piperidine rings is 1. The van der Waals surface area contributed by atoms with Gasteiger partial charge in [-0.2, -0.15) is 5.10 Å². The molecule has 33 heavy (non-hydrogen) atoms. The molecule has 2 aromatic heterocycles. The van der Waals surface area contributed by atoms with Crippen molar-refractivity contribution >= 4 is 38.5 Å². The van der Waals surface area contributed by atoms with E-state index in [1.807, 2.05) is 50.8 Å². The van der Waals surface area contributed by atoms with Gasteiger partial charge < -0.3 is 14.7 Å². The van der Waals surface area contributed by atoms with Crippen molar-refractivity contribution in [3.05, 3.63) is 47.6 Å². The Kier molecular flexibility index (Phi) is 5.17. The molecule has 0 atom stereocenters. The molecule has 1 aliphatic heterocycles. The van der Waals surface area contributed by atoms with Crippen LogP contribution in [0.5, 0.6) is 0 Å². The van der Waals surface area contributed by atoms with Gasteiger partial charge in [0.2, 0.25) is 0 Å². The van der Waals surface area contributed by atoms with Gasteiger partial charge in [0.25, 0.3) is 0 Å². The number of carbonyl (C=O) groups excluding carboxylic acids is 1. The molecule has 0 spiro atoms. The SMILES string of the molecule is Cn1cc2cc(-c3ccc4nc(C5(O)CCN(C(=O)OC(C)(C)C)CC5)sc4c3)ccc2n1. The van der Waals surface area contributed by atoms with Crippen molar-refractivity contribution in [1.82, 2.24) is 19.7 Å². The molecule has 8 heteroatoms. The zero-order valence-corrected chi connectivity index (χ0v) is 20.1. The third-order valence-corrected chi connectivity index (χ3v) is 7.19. The fourth-order valence-corrected chi connectivity index (χ4v) is 5.38. The van der Waals surface area contributed by atoms with Gasteiger partial charge in [-0.3, -0.25) is 4.68 Å². The summed E-state index contributed by atoms with van der Waals surface area (Å²) in [5, 5.41) is 17.6. The third-order valence-electron chi connectivity index (χ3n) is 5.98. The zero-order chi connectivity index (χ0) is 23.4. The molecule has 0 unspecified atom stereocenters. The fourth-order valence-electron chi connectivity index (χ4n) is 4.23. The normalized spacial score (nSPS) is 16.5. The molecule has 5 rings (SSSR count). The number of fused-ring (bicyclic) bond motifs is 2. The molecule has 1 N–H and O–H groups in total. The third kappa shape index (κ3) is 4.32. The first kappa shape index (κ1) is 21.9. The molecule has 172 valence electrons. The van der Waals surface area contributed by atoms with Gasteiger partial charge >= 0.3 is 6.09 Å². The Morgan fingerprint density at radius 2 is 1.76 bits per heavy atom. The average Bonchev–Trinajstić information content (AvgIpc) is 3.34. The highest BCUT2D eigenvalue weighted by Gasteiger charge is 2.39. The molecule has 0 saturated carbocycles. The van der Waals surface area contributed by atoms with E-state index in [1.165, 1.54) is 11.3 Å². The highest BCUT2D eigenvalue weighted by atomic mass is 32.1. The number of aryl methyl sites for hydroxylation is 1. The van der Waals surface area contributed by atoms with Gasteiger partial charge in [-0.05, 0) is 56.2 Å². The van der Waals surface area contributed by atoms with Gasteiger partial charge in [0, 0.05) is 44.6 Å². The van der Waals surface area contributed by atoms with E-state index < -0.39 is 11.2 Å². The van der Waals surface area contributed by atoms with Crippen molar-refractivity contribution in [2.45, 2.75) is 44.8 Å². The summed E-state index contributed by atoms with van der Waals surface area (Å²) in [5.74, 6) is 0. The largest absolute Gasteiger partial charge is 0.444 e. The summed E-state index contributed by atoms with van der Waals surface area (Å²) in [5.41, 5.74) is 2.52. The standard InChI is InChI=1S/C25H28N4O3S/c1-24(2,3)32-23(30)29-11-9-25(31,10-12-29)22-26-20-8-6-17(14-21(20)33-22)16-5-7-19-18(13-16)15-28(4)27-19/h5-8,13-15,31H,9-12H2,1-4H3. The minimum atomic E-state index is -1.03. The topological polar surface area (TPSA) is 80.5 Å². The van der Waals surface area contributed by atoms with Crippen molar-refractivity contribution in [3.63, 3.8) is 0 Å². The van der Waals surface area contributed by atoms with Gasteiger partial charge in [0.15, 0.2) is 0 Å². The molecule has 4 aromatic rings. The van der Waals surface area contributed by atoms with Gasteiger partial charge in [-0.1, -0.05) is 12.1 Å². The van der Waals surface area contributed by atoms with Crippen LogP contribution in [0.25, 0.3) is 32.2 Å². The lowest BCUT2D eigenvalue weighted by Crippen LogP contribution is -2.46. The van der Waals surface area contributed by atoms with Crippen LogP contribution >= 0.6 is 11.3 Å². The van der Waals surface area contributed by atoms with E-state index in [2.05, 4.69) is 29.4 Å². The summed E-state index contributed by atoms with van der Waals surface area (Å²) < 4.78 is 8.33. The molecular formula is C25H28N4O3S. The second-order valence-electron chi connectivity index (χ2n) is 9.78. The van der Waals surface area contributed by atoms with Gasteiger partial charge in [0.05, 0.1) is 15.7 Å². The highest BCUT2D eigenvalue weighted by Crippen LogP contribution is 2.39. The minimum Gasteiger partial charge on any atom is -0.444 e. The zero-order valence-electron chi connectivity index (χ0n) is 19.3. The van der Waals surface area contributed by atoms with Crippen LogP contribution in [0.1, 0.15) is 38.6 Å². The van der Waals surface area contributed by atoms with Crippen LogP contribution in [0, 0.1) is 0 Å². The Morgan fingerprint density at radius 3 is 2.45 bits per heavy atom. The van der Waals surface area contributed by atoms with E-state index in [9.17, 15) is 9.90 Å². The molecule has 1 saturated heterocycles. The maximum absolute atomic E-state index is 12.4. The van der Waals surface area contributed by atoms with Crippen LogP contribution in [-0.4, -0.2) is 49.6 Å². The van der Waals surface area contributed by atoms with E-state index in [0.29, 0.717) is 30.9 Å². The quantitative estimate of drug-likeness (QED) is 0.448. The van der Waals surface area contributed by atoms with Crippen molar-refractivity contribution in [1.29, 1.82) is 0 Å². The molecule has 2 aromatic carbocycles. The number of ether oxygens (including phenoxy) is 1. The van der Waals surface area contributed by atoms with Crippen LogP contribution in [-0.2, 0) is 17.4 Å². The number of aromatic nitrogens is 3. The summed E-state index contributed by atoms with van der Waals surface area (Å²) in [6, 6.07) is 12.5. The number of likely N-dealkylation sites (tertiary alicyclic amines) is 1. The van der Waals surface area contributed by atoms with Crippen LogP contribution in [0.3, 0.4) is 0 Å². The van der Waals surface area contributed by atoms with Gasteiger partial charge in [-0.15, -0.1) is 11.3 Å². The molecular weight excluding hydrogens is 436 g/mol. The number of nitrogens with zero attached hydrogens (tertiary/aromatic N) is 4. The Hall–Kier alpha value is -2.97. The van der Waals surface area contributed by atoms with Crippen molar-refractivity contribution in [2.75, 3.05) is 13.1 Å². The molecule has 0 radical (unpaired) electrons. The molecule has 0 bridgehead atoms. The second-order valence-corrected chi connectivity index (χ2v) is 10.8. The van der Waals surface area contributed by atoms with E-state index in [0.717, 1.165) is 32.2 Å². The smallest absolute Gasteiger partial charge is 0.410 e. The van der Waals surface area contributed by atoms with Gasteiger partial charge in [0.1, 0.15) is 16.2 Å². The summed E-state index contributed by atoms with van der Waals surface area (Å²) >= 11 is 1.53. The second kappa shape index (κ2) is 7.81. The maximum Gasteiger partial charge on any atom is 0.410 e. The van der Waals surface area contributed by atoms with Crippen molar-refractivity contribution in [3.8, 4) is 11.1 Å². The monoisotopic (exact) mass is 464 g/mol. The number of rotatable bonds is 2. The summed E-state index contributed by atoms with van der Waals surface area (Å²) in [6.45, 7) is 6.45. The number of thiazole rings is 1. The Balaban J connectivity index is 1.37. The van der Waals surface area contributed by atoms with Crippen LogP contribution < -0.4 is 0 Å². The predicted molar refractivity (Wildman–Crippen MR) is 130 cm³/mol. The Labute approximate surface area is 196 Å². The Morgan fingerprint density at radius 1 is 1.09 bits per heavy atom. The lowest BCUT2D eigenvalue weighted by atomic mass is 9.92. The van der Waals surface area contributed by atoms with E-state index in [1.54, 1.807) is 4.90 Å². The Bertz CT molecular complexity index is 1340.